The number of ether oxygens (including phenoxy) is 1. The quantitative estimate of drug-likeness (QED) is 0.909. The highest BCUT2D eigenvalue weighted by Gasteiger charge is 2.20. The number of nitrogens with zero attached hydrogens (tertiary/aromatic N) is 1. The summed E-state index contributed by atoms with van der Waals surface area (Å²) in [5, 5.41) is 3.54. The SMILES string of the molecule is COc1ccc(-c2ccc(CNC3CC3)c(C)n2)cc1C. The number of methoxy groups -OCH3 is 1. The van der Waals surface area contributed by atoms with Gasteiger partial charge in [0, 0.05) is 23.8 Å². The van der Waals surface area contributed by atoms with Gasteiger partial charge in [-0.25, -0.2) is 0 Å². The van der Waals surface area contributed by atoms with Crippen LogP contribution in [0.15, 0.2) is 30.3 Å². The zero-order valence-electron chi connectivity index (χ0n) is 12.9. The number of rotatable bonds is 5. The minimum atomic E-state index is 0.730. The third-order valence-electron chi connectivity index (χ3n) is 4.04. The summed E-state index contributed by atoms with van der Waals surface area (Å²) >= 11 is 0. The van der Waals surface area contributed by atoms with Crippen LogP contribution in [0.3, 0.4) is 0 Å². The summed E-state index contributed by atoms with van der Waals surface area (Å²) in [6.07, 6.45) is 2.63. The number of aryl methyl sites for hydroxylation is 2. The molecular formula is C18H22N2O. The van der Waals surface area contributed by atoms with E-state index in [9.17, 15) is 0 Å². The highest BCUT2D eigenvalue weighted by molar-refractivity contribution is 5.62. The highest BCUT2D eigenvalue weighted by atomic mass is 16.5. The number of pyridine rings is 1. The molecule has 1 saturated carbocycles. The summed E-state index contributed by atoms with van der Waals surface area (Å²) in [6, 6.07) is 11.2. The van der Waals surface area contributed by atoms with Crippen molar-refractivity contribution in [2.75, 3.05) is 7.11 Å². The molecule has 0 unspecified atom stereocenters. The zero-order valence-corrected chi connectivity index (χ0v) is 12.9. The lowest BCUT2D eigenvalue weighted by molar-refractivity contribution is 0.412. The van der Waals surface area contributed by atoms with Crippen LogP contribution in [0.2, 0.25) is 0 Å². The maximum absolute atomic E-state index is 5.31. The Kier molecular flexibility index (Phi) is 3.93. The van der Waals surface area contributed by atoms with Crippen LogP contribution in [0.5, 0.6) is 5.75 Å². The van der Waals surface area contributed by atoms with Crippen LogP contribution >= 0.6 is 0 Å². The summed E-state index contributed by atoms with van der Waals surface area (Å²) in [4.78, 5) is 4.76. The third kappa shape index (κ3) is 3.24. The van der Waals surface area contributed by atoms with Crippen LogP contribution in [0.1, 0.15) is 29.7 Å². The number of hydrogen-bond donors (Lipinski definition) is 1. The Morgan fingerprint density at radius 2 is 2.00 bits per heavy atom. The van der Waals surface area contributed by atoms with Gasteiger partial charge in [-0.1, -0.05) is 6.07 Å². The van der Waals surface area contributed by atoms with Crippen molar-refractivity contribution in [3.8, 4) is 17.0 Å². The fourth-order valence-corrected chi connectivity index (χ4v) is 2.52. The van der Waals surface area contributed by atoms with Crippen LogP contribution in [0.25, 0.3) is 11.3 Å². The third-order valence-corrected chi connectivity index (χ3v) is 4.04. The molecule has 3 rings (SSSR count). The van der Waals surface area contributed by atoms with Gasteiger partial charge in [0.1, 0.15) is 5.75 Å². The summed E-state index contributed by atoms with van der Waals surface area (Å²) < 4.78 is 5.31. The molecule has 0 atom stereocenters. The van der Waals surface area contributed by atoms with Gasteiger partial charge in [-0.2, -0.15) is 0 Å². The van der Waals surface area contributed by atoms with Gasteiger partial charge < -0.3 is 10.1 Å². The molecule has 1 fully saturated rings. The second-order valence-corrected chi connectivity index (χ2v) is 5.78. The molecule has 21 heavy (non-hydrogen) atoms. The van der Waals surface area contributed by atoms with Gasteiger partial charge in [-0.15, -0.1) is 0 Å². The molecule has 3 heteroatoms. The van der Waals surface area contributed by atoms with E-state index in [1.165, 1.54) is 18.4 Å². The standard InChI is InChI=1S/C18H22N2O/c1-12-10-14(5-9-18(12)21-3)17-8-4-15(13(2)20-17)11-19-16-6-7-16/h4-5,8-10,16,19H,6-7,11H2,1-3H3. The van der Waals surface area contributed by atoms with E-state index in [1.54, 1.807) is 7.11 Å². The summed E-state index contributed by atoms with van der Waals surface area (Å²) in [7, 11) is 1.70. The molecule has 0 saturated heterocycles. The molecule has 1 aromatic carbocycles. The average Bonchev–Trinajstić information content (AvgIpc) is 3.30. The number of hydrogen-bond acceptors (Lipinski definition) is 3. The van der Waals surface area contributed by atoms with Crippen molar-refractivity contribution in [2.24, 2.45) is 0 Å². The summed E-state index contributed by atoms with van der Waals surface area (Å²) in [6.45, 7) is 5.07. The molecule has 0 amide bonds. The van der Waals surface area contributed by atoms with E-state index < -0.39 is 0 Å². The van der Waals surface area contributed by atoms with Crippen molar-refractivity contribution in [3.05, 3.63) is 47.2 Å². The van der Waals surface area contributed by atoms with Gasteiger partial charge in [0.25, 0.3) is 0 Å². The number of benzene rings is 1. The Hall–Kier alpha value is -1.87. The van der Waals surface area contributed by atoms with E-state index in [2.05, 4.69) is 43.4 Å². The Morgan fingerprint density at radius 3 is 2.62 bits per heavy atom. The van der Waals surface area contributed by atoms with Crippen molar-refractivity contribution in [2.45, 2.75) is 39.3 Å². The normalized spacial score (nSPS) is 14.2. The predicted octanol–water partition coefficient (Wildman–Crippen LogP) is 3.63. The van der Waals surface area contributed by atoms with Crippen LogP contribution in [-0.4, -0.2) is 18.1 Å². The lowest BCUT2D eigenvalue weighted by atomic mass is 10.1. The van der Waals surface area contributed by atoms with E-state index in [1.807, 2.05) is 6.07 Å². The zero-order chi connectivity index (χ0) is 14.8. The largest absolute Gasteiger partial charge is 0.496 e. The first kappa shape index (κ1) is 14.1. The molecule has 110 valence electrons. The van der Waals surface area contributed by atoms with E-state index in [4.69, 9.17) is 9.72 Å². The van der Waals surface area contributed by atoms with Crippen molar-refractivity contribution in [1.82, 2.24) is 10.3 Å². The van der Waals surface area contributed by atoms with Crippen molar-refractivity contribution in [3.63, 3.8) is 0 Å². The van der Waals surface area contributed by atoms with Crippen LogP contribution in [0.4, 0.5) is 0 Å². The first-order valence-corrected chi connectivity index (χ1v) is 7.52. The number of nitrogens with one attached hydrogen (secondary N) is 1. The van der Waals surface area contributed by atoms with E-state index in [0.717, 1.165) is 40.9 Å². The van der Waals surface area contributed by atoms with Crippen LogP contribution in [0, 0.1) is 13.8 Å². The average molecular weight is 282 g/mol. The molecular weight excluding hydrogens is 260 g/mol. The van der Waals surface area contributed by atoms with Gasteiger partial charge in [0.05, 0.1) is 12.8 Å². The Balaban J connectivity index is 1.81. The minimum absolute atomic E-state index is 0.730. The Morgan fingerprint density at radius 1 is 1.19 bits per heavy atom. The maximum atomic E-state index is 5.31. The fourth-order valence-electron chi connectivity index (χ4n) is 2.52. The molecule has 0 aliphatic heterocycles. The van der Waals surface area contributed by atoms with Crippen molar-refractivity contribution in [1.29, 1.82) is 0 Å². The van der Waals surface area contributed by atoms with Gasteiger partial charge in [-0.3, -0.25) is 4.98 Å². The van der Waals surface area contributed by atoms with E-state index in [-0.39, 0.29) is 0 Å². The van der Waals surface area contributed by atoms with Gasteiger partial charge in [-0.05, 0) is 62.1 Å². The van der Waals surface area contributed by atoms with Gasteiger partial charge in [0.2, 0.25) is 0 Å². The minimum Gasteiger partial charge on any atom is -0.496 e. The molecule has 2 aromatic rings. The molecule has 1 aromatic heterocycles. The molecule has 0 bridgehead atoms. The predicted molar refractivity (Wildman–Crippen MR) is 85.6 cm³/mol. The monoisotopic (exact) mass is 282 g/mol. The first-order valence-electron chi connectivity index (χ1n) is 7.52. The van der Waals surface area contributed by atoms with Crippen molar-refractivity contribution >= 4 is 0 Å². The highest BCUT2D eigenvalue weighted by Crippen LogP contribution is 2.26. The first-order chi connectivity index (χ1) is 10.2. The van der Waals surface area contributed by atoms with E-state index >= 15 is 0 Å². The van der Waals surface area contributed by atoms with E-state index in [0.29, 0.717) is 0 Å². The lowest BCUT2D eigenvalue weighted by Crippen LogP contribution is -2.16. The fraction of sp³-hybridized carbons (Fsp3) is 0.389. The molecule has 3 nitrogen and oxygen atoms in total. The van der Waals surface area contributed by atoms with Crippen molar-refractivity contribution < 1.29 is 4.74 Å². The van der Waals surface area contributed by atoms with Gasteiger partial charge >= 0.3 is 0 Å². The maximum Gasteiger partial charge on any atom is 0.121 e. The second-order valence-electron chi connectivity index (χ2n) is 5.78. The lowest BCUT2D eigenvalue weighted by Gasteiger charge is -2.10. The smallest absolute Gasteiger partial charge is 0.121 e. The Labute approximate surface area is 126 Å². The van der Waals surface area contributed by atoms with Gasteiger partial charge in [0.15, 0.2) is 0 Å². The van der Waals surface area contributed by atoms with Crippen LogP contribution in [-0.2, 0) is 6.54 Å². The molecule has 1 aliphatic rings. The molecule has 0 radical (unpaired) electrons. The van der Waals surface area contributed by atoms with Crippen LogP contribution < -0.4 is 10.1 Å². The molecule has 1 aliphatic carbocycles. The Bertz CT molecular complexity index is 648. The topological polar surface area (TPSA) is 34.1 Å². The number of aromatic nitrogens is 1. The molecule has 0 spiro atoms. The summed E-state index contributed by atoms with van der Waals surface area (Å²) in [5.74, 6) is 0.917. The summed E-state index contributed by atoms with van der Waals surface area (Å²) in [5.41, 5.74) is 5.69. The molecule has 1 heterocycles. The molecule has 1 N–H and O–H groups in total. The second kappa shape index (κ2) is 5.86.